The zero-order valence-corrected chi connectivity index (χ0v) is 11.7. The minimum atomic E-state index is -0.111. The molecule has 2 aromatic rings. The third-order valence-electron chi connectivity index (χ3n) is 3.05. The van der Waals surface area contributed by atoms with Crippen LogP contribution in [0.5, 0.6) is 11.5 Å². The molecule has 0 bridgehead atoms. The van der Waals surface area contributed by atoms with Crippen LogP contribution in [-0.4, -0.2) is 17.3 Å². The average molecular weight is 286 g/mol. The fourth-order valence-corrected chi connectivity index (χ4v) is 3.02. The van der Waals surface area contributed by atoms with E-state index >= 15 is 0 Å². The van der Waals surface area contributed by atoms with Gasteiger partial charge in [0.25, 0.3) is 0 Å². The van der Waals surface area contributed by atoms with Crippen LogP contribution in [0, 0.1) is 0 Å². The topological polar surface area (TPSA) is 53.9 Å². The number of hydrogen-bond acceptors (Lipinski definition) is 5. The number of hydrogen-bond donors (Lipinski definition) is 2. The first kappa shape index (κ1) is 12.9. The molecule has 1 aliphatic heterocycles. The Morgan fingerprint density at radius 2 is 2.00 bits per heavy atom. The van der Waals surface area contributed by atoms with E-state index in [1.54, 1.807) is 31.0 Å². The van der Waals surface area contributed by atoms with E-state index in [-0.39, 0.29) is 11.1 Å². The summed E-state index contributed by atoms with van der Waals surface area (Å²) in [5.41, 5.74) is 4.88. The lowest BCUT2D eigenvalue weighted by molar-refractivity contribution is 0.410. The largest absolute Gasteiger partial charge is 0.508 e. The third kappa shape index (κ3) is 2.44. The highest BCUT2D eigenvalue weighted by molar-refractivity contribution is 8.14. The zero-order chi connectivity index (χ0) is 13.9. The molecule has 102 valence electrons. The van der Waals surface area contributed by atoms with Crippen molar-refractivity contribution in [3.05, 3.63) is 59.7 Å². The van der Waals surface area contributed by atoms with Crippen molar-refractivity contribution in [3.8, 4) is 11.5 Å². The molecule has 0 aliphatic carbocycles. The number of phenols is 1. The van der Waals surface area contributed by atoms with Gasteiger partial charge in [0.05, 0.1) is 7.11 Å². The van der Waals surface area contributed by atoms with Crippen LogP contribution in [0.15, 0.2) is 53.6 Å². The van der Waals surface area contributed by atoms with Gasteiger partial charge in [-0.05, 0) is 18.2 Å². The molecule has 0 saturated heterocycles. The fraction of sp³-hybridized carbons (Fsp3) is 0.133. The maximum atomic E-state index is 9.99. The number of thioether (sulfide) groups is 1. The normalized spacial score (nSPS) is 17.4. The minimum Gasteiger partial charge on any atom is -0.508 e. The Morgan fingerprint density at radius 3 is 2.75 bits per heavy atom. The summed E-state index contributed by atoms with van der Waals surface area (Å²) in [6, 6.07) is 15.2. The summed E-state index contributed by atoms with van der Waals surface area (Å²) < 4.78 is 5.20. The molecule has 3 rings (SSSR count). The van der Waals surface area contributed by atoms with Crippen LogP contribution in [0.25, 0.3) is 0 Å². The van der Waals surface area contributed by atoms with Gasteiger partial charge in [0.1, 0.15) is 21.9 Å². The lowest BCUT2D eigenvalue weighted by atomic mass is 10.2. The average Bonchev–Trinajstić information content (AvgIpc) is 2.98. The highest BCUT2D eigenvalue weighted by Crippen LogP contribution is 2.39. The molecule has 0 amide bonds. The van der Waals surface area contributed by atoms with Crippen molar-refractivity contribution >= 4 is 16.8 Å². The summed E-state index contributed by atoms with van der Waals surface area (Å²) in [6.07, 6.45) is 0. The van der Waals surface area contributed by atoms with Crippen LogP contribution in [0.1, 0.15) is 16.5 Å². The summed E-state index contributed by atoms with van der Waals surface area (Å²) in [7, 11) is 1.61. The molecule has 0 spiro atoms. The first-order valence-electron chi connectivity index (χ1n) is 6.20. The number of nitrogens with one attached hydrogen (secondary N) is 1. The molecule has 1 atom stereocenters. The van der Waals surface area contributed by atoms with Crippen molar-refractivity contribution in [1.29, 1.82) is 0 Å². The molecule has 1 aliphatic rings. The molecule has 0 fully saturated rings. The monoisotopic (exact) mass is 286 g/mol. The van der Waals surface area contributed by atoms with Crippen LogP contribution < -0.4 is 10.2 Å². The van der Waals surface area contributed by atoms with Crippen molar-refractivity contribution in [2.75, 3.05) is 7.11 Å². The second kappa shape index (κ2) is 5.46. The first-order valence-corrected chi connectivity index (χ1v) is 7.08. The molecular formula is C15H14N2O2S. The van der Waals surface area contributed by atoms with E-state index in [0.717, 1.165) is 16.2 Å². The molecule has 0 radical (unpaired) electrons. The quantitative estimate of drug-likeness (QED) is 0.910. The Kier molecular flexibility index (Phi) is 3.52. The molecule has 0 unspecified atom stereocenters. The zero-order valence-electron chi connectivity index (χ0n) is 10.9. The van der Waals surface area contributed by atoms with Gasteiger partial charge >= 0.3 is 0 Å². The summed E-state index contributed by atoms with van der Waals surface area (Å²) in [4.78, 5) is 0. The van der Waals surface area contributed by atoms with E-state index in [1.165, 1.54) is 0 Å². The van der Waals surface area contributed by atoms with Crippen molar-refractivity contribution < 1.29 is 9.84 Å². The first-order chi connectivity index (χ1) is 9.78. The number of benzene rings is 2. The highest BCUT2D eigenvalue weighted by atomic mass is 32.2. The van der Waals surface area contributed by atoms with Crippen LogP contribution in [-0.2, 0) is 0 Å². The van der Waals surface area contributed by atoms with Gasteiger partial charge in [0.2, 0.25) is 0 Å². The number of nitrogens with zero attached hydrogens (tertiary/aromatic N) is 1. The van der Waals surface area contributed by atoms with Crippen molar-refractivity contribution in [2.45, 2.75) is 5.37 Å². The Balaban J connectivity index is 1.82. The molecule has 2 aromatic carbocycles. The number of ether oxygens (including phenoxy) is 1. The van der Waals surface area contributed by atoms with E-state index in [2.05, 4.69) is 10.5 Å². The maximum Gasteiger partial charge on any atom is 0.126 e. The maximum absolute atomic E-state index is 9.99. The van der Waals surface area contributed by atoms with Crippen molar-refractivity contribution in [1.82, 2.24) is 5.43 Å². The number of phenolic OH excluding ortho intramolecular Hbond substituents is 1. The van der Waals surface area contributed by atoms with Gasteiger partial charge in [-0.2, -0.15) is 5.10 Å². The molecular weight excluding hydrogens is 272 g/mol. The molecule has 1 heterocycles. The Bertz CT molecular complexity index is 644. The predicted molar refractivity (Wildman–Crippen MR) is 81.1 cm³/mol. The van der Waals surface area contributed by atoms with Crippen LogP contribution in [0.4, 0.5) is 0 Å². The Labute approximate surface area is 121 Å². The summed E-state index contributed by atoms with van der Waals surface area (Å²) in [5.74, 6) is 0.952. The fourth-order valence-electron chi connectivity index (χ4n) is 2.00. The van der Waals surface area contributed by atoms with Crippen LogP contribution >= 0.6 is 11.8 Å². The van der Waals surface area contributed by atoms with E-state index < -0.39 is 0 Å². The van der Waals surface area contributed by atoms with Gasteiger partial charge < -0.3 is 9.84 Å². The lowest BCUT2D eigenvalue weighted by Crippen LogP contribution is -2.07. The van der Waals surface area contributed by atoms with E-state index in [0.29, 0.717) is 5.75 Å². The van der Waals surface area contributed by atoms with Gasteiger partial charge in [-0.3, -0.25) is 5.43 Å². The summed E-state index contributed by atoms with van der Waals surface area (Å²) >= 11 is 1.57. The molecule has 2 N–H and O–H groups in total. The standard InChI is InChI=1S/C15H14N2O2S/c1-19-11-7-8-13(18)12(9-11)15-17-16-14(20-15)10-5-3-2-4-6-10/h2-9,15,17-18H,1H3/t15-/m1/s1. The van der Waals surface area contributed by atoms with Crippen molar-refractivity contribution in [2.24, 2.45) is 5.10 Å². The van der Waals surface area contributed by atoms with Gasteiger partial charge in [0.15, 0.2) is 0 Å². The molecule has 5 heteroatoms. The Hall–Kier alpha value is -2.14. The van der Waals surface area contributed by atoms with Gasteiger partial charge in [-0.25, -0.2) is 0 Å². The van der Waals surface area contributed by atoms with Gasteiger partial charge in [-0.15, -0.1) is 0 Å². The van der Waals surface area contributed by atoms with E-state index in [1.807, 2.05) is 36.4 Å². The van der Waals surface area contributed by atoms with Gasteiger partial charge in [-0.1, -0.05) is 42.1 Å². The molecule has 0 aromatic heterocycles. The summed E-state index contributed by atoms with van der Waals surface area (Å²) in [5, 5.41) is 15.1. The number of methoxy groups -OCH3 is 1. The van der Waals surface area contributed by atoms with E-state index in [9.17, 15) is 5.11 Å². The number of hydrazone groups is 1. The molecule has 0 saturated carbocycles. The Morgan fingerprint density at radius 1 is 1.20 bits per heavy atom. The molecule has 4 nitrogen and oxygen atoms in total. The third-order valence-corrected chi connectivity index (χ3v) is 4.20. The van der Waals surface area contributed by atoms with Crippen molar-refractivity contribution in [3.63, 3.8) is 0 Å². The lowest BCUT2D eigenvalue weighted by Gasteiger charge is -2.12. The minimum absolute atomic E-state index is 0.111. The highest BCUT2D eigenvalue weighted by Gasteiger charge is 2.24. The van der Waals surface area contributed by atoms with E-state index in [4.69, 9.17) is 4.74 Å². The number of rotatable bonds is 3. The second-order valence-electron chi connectivity index (χ2n) is 4.33. The summed E-state index contributed by atoms with van der Waals surface area (Å²) in [6.45, 7) is 0. The molecule has 20 heavy (non-hydrogen) atoms. The number of aromatic hydroxyl groups is 1. The van der Waals surface area contributed by atoms with Gasteiger partial charge in [0, 0.05) is 11.1 Å². The van der Waals surface area contributed by atoms with Crippen LogP contribution in [0.3, 0.4) is 0 Å². The smallest absolute Gasteiger partial charge is 0.126 e. The predicted octanol–water partition coefficient (Wildman–Crippen LogP) is 3.10. The van der Waals surface area contributed by atoms with Crippen LogP contribution in [0.2, 0.25) is 0 Å². The SMILES string of the molecule is COc1ccc(O)c([C@@H]2NN=C(c3ccccc3)S2)c1. The second-order valence-corrected chi connectivity index (χ2v) is 5.43.